The summed E-state index contributed by atoms with van der Waals surface area (Å²) in [5.74, 6) is 0.563. The van der Waals surface area contributed by atoms with Crippen molar-refractivity contribution in [3.05, 3.63) is 48.2 Å². The summed E-state index contributed by atoms with van der Waals surface area (Å²) in [7, 11) is 0. The van der Waals surface area contributed by atoms with Gasteiger partial charge in [-0.1, -0.05) is 12.8 Å². The second-order valence-electron chi connectivity index (χ2n) is 7.34. The molecule has 1 saturated carbocycles. The third kappa shape index (κ3) is 3.19. The fourth-order valence-electron chi connectivity index (χ4n) is 4.33. The van der Waals surface area contributed by atoms with E-state index < -0.39 is 0 Å². The number of morpholine rings is 1. The number of nitrogens with zero attached hydrogens (tertiary/aromatic N) is 4. The van der Waals surface area contributed by atoms with Gasteiger partial charge in [0.25, 0.3) is 0 Å². The van der Waals surface area contributed by atoms with Crippen molar-refractivity contribution >= 4 is 11.0 Å². The molecule has 1 atom stereocenters. The molecule has 2 fully saturated rings. The number of nitrogens with one attached hydrogen (secondary N) is 1. The zero-order valence-corrected chi connectivity index (χ0v) is 15.3. The van der Waals surface area contributed by atoms with Crippen molar-refractivity contribution in [1.82, 2.24) is 25.3 Å². The van der Waals surface area contributed by atoms with Crippen molar-refractivity contribution in [2.45, 2.75) is 37.7 Å². The first kappa shape index (κ1) is 16.7. The summed E-state index contributed by atoms with van der Waals surface area (Å²) in [6.07, 6.45) is 10.3. The molecule has 27 heavy (non-hydrogen) atoms. The van der Waals surface area contributed by atoms with Gasteiger partial charge in [-0.2, -0.15) is 0 Å². The zero-order valence-electron chi connectivity index (χ0n) is 15.3. The van der Waals surface area contributed by atoms with Crippen molar-refractivity contribution in [2.75, 3.05) is 19.7 Å². The van der Waals surface area contributed by atoms with E-state index in [4.69, 9.17) is 9.72 Å². The Morgan fingerprint density at radius 1 is 1.15 bits per heavy atom. The van der Waals surface area contributed by atoms with Crippen molar-refractivity contribution in [3.8, 4) is 11.3 Å². The molecular weight excluding hydrogens is 338 g/mol. The molecule has 6 heteroatoms. The minimum Gasteiger partial charge on any atom is -0.369 e. The average Bonchev–Trinajstić information content (AvgIpc) is 3.28. The quantitative estimate of drug-likeness (QED) is 0.771. The Bertz CT molecular complexity index is 948. The highest BCUT2D eigenvalue weighted by atomic mass is 16.5. The molecule has 1 saturated heterocycles. The van der Waals surface area contributed by atoms with Crippen LogP contribution in [-0.2, 0) is 4.74 Å². The number of hydrogen-bond acceptors (Lipinski definition) is 6. The first-order chi connectivity index (χ1) is 13.4. The molecule has 5 rings (SSSR count). The van der Waals surface area contributed by atoms with E-state index >= 15 is 0 Å². The SMILES string of the molecule is c1cnc(C2CNCCO2)c(-c2cc(C3CCCC3)c3cncnc3n2)c1. The minimum absolute atomic E-state index is 0.0484. The number of rotatable bonds is 3. The molecule has 1 aliphatic heterocycles. The van der Waals surface area contributed by atoms with Crippen LogP contribution in [0.5, 0.6) is 0 Å². The molecule has 3 aromatic rings. The molecule has 1 N–H and O–H groups in total. The van der Waals surface area contributed by atoms with Crippen LogP contribution in [0, 0.1) is 0 Å². The van der Waals surface area contributed by atoms with Crippen molar-refractivity contribution in [2.24, 2.45) is 0 Å². The molecule has 1 unspecified atom stereocenters. The maximum Gasteiger partial charge on any atom is 0.163 e. The Morgan fingerprint density at radius 3 is 2.93 bits per heavy atom. The molecule has 0 spiro atoms. The number of hydrogen-bond donors (Lipinski definition) is 1. The Kier molecular flexibility index (Phi) is 4.51. The Labute approximate surface area is 158 Å². The molecule has 138 valence electrons. The van der Waals surface area contributed by atoms with E-state index in [1.807, 2.05) is 18.5 Å². The molecule has 0 bridgehead atoms. The fourth-order valence-corrected chi connectivity index (χ4v) is 4.33. The van der Waals surface area contributed by atoms with Crippen molar-refractivity contribution in [3.63, 3.8) is 0 Å². The maximum atomic E-state index is 5.97. The van der Waals surface area contributed by atoms with Gasteiger partial charge in [0.05, 0.1) is 18.0 Å². The summed E-state index contributed by atoms with van der Waals surface area (Å²) in [4.78, 5) is 18.2. The lowest BCUT2D eigenvalue weighted by atomic mass is 9.93. The first-order valence-electron chi connectivity index (χ1n) is 9.78. The second kappa shape index (κ2) is 7.29. The van der Waals surface area contributed by atoms with Gasteiger partial charge < -0.3 is 10.1 Å². The van der Waals surface area contributed by atoms with E-state index in [0.29, 0.717) is 12.5 Å². The Morgan fingerprint density at radius 2 is 2.07 bits per heavy atom. The van der Waals surface area contributed by atoms with E-state index in [1.54, 1.807) is 6.33 Å². The third-order valence-corrected chi connectivity index (χ3v) is 5.66. The fraction of sp³-hybridized carbons (Fsp3) is 0.429. The van der Waals surface area contributed by atoms with E-state index in [-0.39, 0.29) is 6.10 Å². The molecule has 6 nitrogen and oxygen atoms in total. The standard InChI is InChI=1S/C21H23N5O/c1-2-5-14(4-1)16-10-18(26-21-17(16)11-23-13-25-21)15-6-3-7-24-20(15)19-12-22-8-9-27-19/h3,6-7,10-11,13-14,19,22H,1-2,4-5,8-9,12H2. The summed E-state index contributed by atoms with van der Waals surface area (Å²) < 4.78 is 5.97. The third-order valence-electron chi connectivity index (χ3n) is 5.66. The summed E-state index contributed by atoms with van der Waals surface area (Å²) in [5.41, 5.74) is 5.00. The Balaban J connectivity index is 1.65. The van der Waals surface area contributed by atoms with Crippen LogP contribution in [-0.4, -0.2) is 39.6 Å². The summed E-state index contributed by atoms with van der Waals surface area (Å²) in [5, 5.41) is 4.47. The monoisotopic (exact) mass is 361 g/mol. The number of ether oxygens (including phenoxy) is 1. The second-order valence-corrected chi connectivity index (χ2v) is 7.34. The van der Waals surface area contributed by atoms with Crippen LogP contribution in [0.2, 0.25) is 0 Å². The first-order valence-corrected chi connectivity index (χ1v) is 9.78. The molecular formula is C21H23N5O. The van der Waals surface area contributed by atoms with Crippen LogP contribution in [0.15, 0.2) is 36.9 Å². The highest BCUT2D eigenvalue weighted by Gasteiger charge is 2.24. The molecule has 0 radical (unpaired) electrons. The maximum absolute atomic E-state index is 5.97. The highest BCUT2D eigenvalue weighted by Crippen LogP contribution is 2.39. The van der Waals surface area contributed by atoms with Gasteiger partial charge >= 0.3 is 0 Å². The molecule has 3 aromatic heterocycles. The van der Waals surface area contributed by atoms with Gasteiger partial charge in [-0.25, -0.2) is 15.0 Å². The molecule has 0 amide bonds. The van der Waals surface area contributed by atoms with Gasteiger partial charge in [0.1, 0.15) is 12.4 Å². The topological polar surface area (TPSA) is 72.8 Å². The van der Waals surface area contributed by atoms with Crippen LogP contribution in [0.1, 0.15) is 49.0 Å². The molecule has 4 heterocycles. The van der Waals surface area contributed by atoms with Crippen LogP contribution >= 0.6 is 0 Å². The van der Waals surface area contributed by atoms with Crippen LogP contribution in [0.25, 0.3) is 22.3 Å². The van der Waals surface area contributed by atoms with E-state index in [2.05, 4.69) is 32.4 Å². The van der Waals surface area contributed by atoms with Crippen LogP contribution < -0.4 is 5.32 Å². The van der Waals surface area contributed by atoms with E-state index in [9.17, 15) is 0 Å². The van der Waals surface area contributed by atoms with Gasteiger partial charge in [0.2, 0.25) is 0 Å². The van der Waals surface area contributed by atoms with Crippen LogP contribution in [0.4, 0.5) is 0 Å². The lowest BCUT2D eigenvalue weighted by molar-refractivity contribution is 0.0254. The van der Waals surface area contributed by atoms with Gasteiger partial charge in [-0.3, -0.25) is 4.98 Å². The van der Waals surface area contributed by atoms with E-state index in [0.717, 1.165) is 41.1 Å². The smallest absolute Gasteiger partial charge is 0.163 e. The van der Waals surface area contributed by atoms with Gasteiger partial charge in [-0.05, 0) is 42.5 Å². The number of pyridine rings is 2. The summed E-state index contributed by atoms with van der Waals surface area (Å²) in [6, 6.07) is 6.29. The zero-order chi connectivity index (χ0) is 18.1. The average molecular weight is 361 g/mol. The minimum atomic E-state index is -0.0484. The number of fused-ring (bicyclic) bond motifs is 1. The predicted molar refractivity (Wildman–Crippen MR) is 103 cm³/mol. The molecule has 1 aliphatic carbocycles. The van der Waals surface area contributed by atoms with Crippen LogP contribution in [0.3, 0.4) is 0 Å². The predicted octanol–water partition coefficient (Wildman–Crippen LogP) is 3.41. The lowest BCUT2D eigenvalue weighted by Crippen LogP contribution is -2.34. The molecule has 0 aromatic carbocycles. The summed E-state index contributed by atoms with van der Waals surface area (Å²) in [6.45, 7) is 2.36. The van der Waals surface area contributed by atoms with Gasteiger partial charge in [-0.15, -0.1) is 0 Å². The normalized spacial score (nSPS) is 21.0. The van der Waals surface area contributed by atoms with Crippen molar-refractivity contribution in [1.29, 1.82) is 0 Å². The Hall–Kier alpha value is -2.44. The van der Waals surface area contributed by atoms with Crippen molar-refractivity contribution < 1.29 is 4.74 Å². The van der Waals surface area contributed by atoms with Gasteiger partial charge in [0.15, 0.2) is 5.65 Å². The number of aromatic nitrogens is 4. The largest absolute Gasteiger partial charge is 0.369 e. The summed E-state index contributed by atoms with van der Waals surface area (Å²) >= 11 is 0. The van der Waals surface area contributed by atoms with Gasteiger partial charge in [0, 0.05) is 36.4 Å². The lowest BCUT2D eigenvalue weighted by Gasteiger charge is -2.25. The molecule has 2 aliphatic rings. The highest BCUT2D eigenvalue weighted by molar-refractivity contribution is 5.82. The van der Waals surface area contributed by atoms with E-state index in [1.165, 1.54) is 31.2 Å².